The van der Waals surface area contributed by atoms with Gasteiger partial charge in [0.15, 0.2) is 0 Å². The van der Waals surface area contributed by atoms with Crippen molar-refractivity contribution in [3.63, 3.8) is 0 Å². The van der Waals surface area contributed by atoms with E-state index in [1.807, 2.05) is 0 Å². The lowest BCUT2D eigenvalue weighted by atomic mass is 10.0. The Bertz CT molecular complexity index is 1160. The number of rotatable bonds is 11. The van der Waals surface area contributed by atoms with Crippen LogP contribution in [-0.4, -0.2) is 30.7 Å². The number of carbonyl (C=O) groups excluding carboxylic acids is 2. The second-order valence-corrected chi connectivity index (χ2v) is 7.10. The van der Waals surface area contributed by atoms with Gasteiger partial charge in [0.1, 0.15) is 17.5 Å². The maximum absolute atomic E-state index is 13.7. The van der Waals surface area contributed by atoms with Crippen LogP contribution in [0.15, 0.2) is 73.0 Å². The molecule has 0 heterocycles. The summed E-state index contributed by atoms with van der Waals surface area (Å²) in [6.45, 7) is 9.49. The van der Waals surface area contributed by atoms with Crippen LogP contribution in [0, 0.1) is 22.9 Å². The molecule has 3 N–H and O–H groups in total. The highest BCUT2D eigenvalue weighted by Crippen LogP contribution is 2.20. The molecule has 0 aliphatic carbocycles. The molecule has 178 valence electrons. The van der Waals surface area contributed by atoms with Gasteiger partial charge in [-0.25, -0.2) is 13.2 Å². The Labute approximate surface area is 195 Å². The summed E-state index contributed by atoms with van der Waals surface area (Å²) in [6.07, 6.45) is 2.70. The molecule has 2 aromatic carbocycles. The van der Waals surface area contributed by atoms with Crippen molar-refractivity contribution in [3.8, 4) is 0 Å². The minimum atomic E-state index is -0.998. The fourth-order valence-corrected chi connectivity index (χ4v) is 2.79. The summed E-state index contributed by atoms with van der Waals surface area (Å²) in [5.74, 6) is -3.67. The number of hydrogen-bond donors (Lipinski definition) is 3. The topological polar surface area (TPSA) is 91.3 Å². The number of halogens is 3. The lowest BCUT2D eigenvalue weighted by Gasteiger charge is -2.13. The fraction of sp³-hybridized carbons (Fsp3) is 0.160. The second kappa shape index (κ2) is 12.2. The molecule has 0 aromatic heterocycles. The Morgan fingerprint density at radius 1 is 1.03 bits per heavy atom. The van der Waals surface area contributed by atoms with Gasteiger partial charge in [-0.15, -0.1) is 0 Å². The van der Waals surface area contributed by atoms with E-state index >= 15 is 0 Å². The number of hydrogen-bond acceptors (Lipinski definition) is 5. The molecular weight excluding hydrogens is 447 g/mol. The van der Waals surface area contributed by atoms with E-state index in [2.05, 4.69) is 23.8 Å². The van der Waals surface area contributed by atoms with Crippen LogP contribution >= 0.6 is 0 Å². The van der Waals surface area contributed by atoms with Crippen molar-refractivity contribution in [3.05, 3.63) is 102 Å². The van der Waals surface area contributed by atoms with Gasteiger partial charge in [0.25, 0.3) is 5.91 Å². The molecule has 2 rings (SSSR count). The molecule has 2 aromatic rings. The third kappa shape index (κ3) is 7.77. The van der Waals surface area contributed by atoms with Crippen LogP contribution < -0.4 is 10.6 Å². The van der Waals surface area contributed by atoms with Crippen molar-refractivity contribution in [2.75, 3.05) is 18.5 Å². The van der Waals surface area contributed by atoms with E-state index in [1.54, 1.807) is 6.92 Å². The van der Waals surface area contributed by atoms with Crippen LogP contribution in [-0.2, 0) is 9.53 Å². The number of esters is 1. The Hall–Kier alpha value is -4.14. The largest absolute Gasteiger partial charge is 0.466 e. The van der Waals surface area contributed by atoms with Gasteiger partial charge in [0.05, 0.1) is 24.3 Å². The van der Waals surface area contributed by atoms with Gasteiger partial charge < -0.3 is 20.8 Å². The van der Waals surface area contributed by atoms with E-state index in [9.17, 15) is 22.8 Å². The third-order valence-corrected chi connectivity index (χ3v) is 4.41. The summed E-state index contributed by atoms with van der Waals surface area (Å²) >= 11 is 0. The van der Waals surface area contributed by atoms with Crippen LogP contribution in [0.1, 0.15) is 29.3 Å². The van der Waals surface area contributed by atoms with Crippen molar-refractivity contribution in [2.45, 2.75) is 13.3 Å². The minimum absolute atomic E-state index is 0.0359. The van der Waals surface area contributed by atoms with Gasteiger partial charge in [-0.05, 0) is 48.9 Å². The van der Waals surface area contributed by atoms with Crippen molar-refractivity contribution in [1.29, 1.82) is 5.41 Å². The van der Waals surface area contributed by atoms with Gasteiger partial charge in [-0.2, -0.15) is 0 Å². The zero-order chi connectivity index (χ0) is 25.3. The number of benzene rings is 2. The molecule has 0 atom stereocenters. The molecule has 0 aliphatic heterocycles. The van der Waals surface area contributed by atoms with E-state index in [-0.39, 0.29) is 36.5 Å². The number of amides is 1. The van der Waals surface area contributed by atoms with Gasteiger partial charge in [0.2, 0.25) is 0 Å². The Balaban J connectivity index is 1.97. The van der Waals surface area contributed by atoms with Gasteiger partial charge in [-0.1, -0.05) is 19.2 Å². The number of nitrogens with one attached hydrogen (secondary N) is 3. The monoisotopic (exact) mass is 471 g/mol. The average molecular weight is 471 g/mol. The molecule has 0 aliphatic rings. The highest BCUT2D eigenvalue weighted by atomic mass is 19.1. The summed E-state index contributed by atoms with van der Waals surface area (Å²) < 4.78 is 45.3. The molecule has 0 saturated carbocycles. The van der Waals surface area contributed by atoms with Gasteiger partial charge >= 0.3 is 5.97 Å². The molecule has 9 heteroatoms. The highest BCUT2D eigenvalue weighted by Gasteiger charge is 2.14. The molecule has 0 unspecified atom stereocenters. The summed E-state index contributed by atoms with van der Waals surface area (Å²) in [5.41, 5.74) is 0.909. The van der Waals surface area contributed by atoms with E-state index in [0.717, 1.165) is 12.1 Å². The quantitative estimate of drug-likeness (QED) is 0.247. The zero-order valence-corrected chi connectivity index (χ0v) is 18.5. The average Bonchev–Trinajstić information content (AvgIpc) is 2.76. The Kier molecular flexibility index (Phi) is 9.37. The van der Waals surface area contributed by atoms with Crippen LogP contribution in [0.25, 0.3) is 0 Å². The number of carbonyl (C=O) groups is 2. The lowest BCUT2D eigenvalue weighted by Crippen LogP contribution is -2.22. The van der Waals surface area contributed by atoms with E-state index in [0.29, 0.717) is 22.9 Å². The number of anilines is 1. The minimum Gasteiger partial charge on any atom is -0.466 e. The van der Waals surface area contributed by atoms with Crippen molar-refractivity contribution < 1.29 is 27.5 Å². The molecule has 34 heavy (non-hydrogen) atoms. The highest BCUT2D eigenvalue weighted by molar-refractivity contribution is 6.10. The molecule has 6 nitrogen and oxygen atoms in total. The SMILES string of the molecule is C=C(/C=C\C(=C)NC(=O)c1ccc(F)cc1F)CNc1cc(F)ccc1C(=N)CC(=O)OCC. The molecule has 0 saturated heterocycles. The normalized spacial score (nSPS) is 10.6. The molecule has 0 bridgehead atoms. The maximum Gasteiger partial charge on any atom is 0.311 e. The first-order chi connectivity index (χ1) is 16.1. The first-order valence-corrected chi connectivity index (χ1v) is 10.2. The first-order valence-electron chi connectivity index (χ1n) is 10.2. The van der Waals surface area contributed by atoms with Crippen LogP contribution in [0.3, 0.4) is 0 Å². The fourth-order valence-electron chi connectivity index (χ4n) is 2.79. The zero-order valence-electron chi connectivity index (χ0n) is 18.5. The van der Waals surface area contributed by atoms with Crippen molar-refractivity contribution in [2.24, 2.45) is 0 Å². The summed E-state index contributed by atoms with van der Waals surface area (Å²) in [6, 6.07) is 6.37. The molecule has 0 radical (unpaired) electrons. The number of ether oxygens (including phenoxy) is 1. The van der Waals surface area contributed by atoms with Crippen molar-refractivity contribution in [1.82, 2.24) is 5.32 Å². The summed E-state index contributed by atoms with van der Waals surface area (Å²) in [4.78, 5) is 23.8. The lowest BCUT2D eigenvalue weighted by molar-refractivity contribution is -0.141. The number of allylic oxidation sites excluding steroid dienone is 1. The van der Waals surface area contributed by atoms with E-state index < -0.39 is 29.3 Å². The smallest absolute Gasteiger partial charge is 0.311 e. The third-order valence-electron chi connectivity index (χ3n) is 4.41. The summed E-state index contributed by atoms with van der Waals surface area (Å²) in [7, 11) is 0. The molecular formula is C25H24F3N3O3. The first kappa shape index (κ1) is 26.1. The predicted octanol–water partition coefficient (Wildman–Crippen LogP) is 4.89. The maximum atomic E-state index is 13.7. The Morgan fingerprint density at radius 3 is 2.32 bits per heavy atom. The van der Waals surface area contributed by atoms with Crippen LogP contribution in [0.5, 0.6) is 0 Å². The second-order valence-electron chi connectivity index (χ2n) is 7.10. The van der Waals surface area contributed by atoms with Crippen LogP contribution in [0.4, 0.5) is 18.9 Å². The van der Waals surface area contributed by atoms with Gasteiger partial charge in [-0.3, -0.25) is 9.59 Å². The van der Waals surface area contributed by atoms with E-state index in [1.165, 1.54) is 30.4 Å². The van der Waals surface area contributed by atoms with E-state index in [4.69, 9.17) is 10.1 Å². The van der Waals surface area contributed by atoms with Gasteiger partial charge in [0, 0.05) is 29.6 Å². The Morgan fingerprint density at radius 2 is 1.68 bits per heavy atom. The summed E-state index contributed by atoms with van der Waals surface area (Å²) in [5, 5.41) is 13.5. The standard InChI is InChI=1S/C25H24F3N3O3/c1-4-34-24(32)13-22(29)20-10-8-18(27)12-23(20)30-14-15(2)5-6-16(3)31-25(33)19-9-7-17(26)11-21(19)28/h5-12,29-30H,2-4,13-14H2,1H3,(H,31,33)/b6-5-,29-22?. The molecule has 1 amide bonds. The molecule has 0 fully saturated rings. The predicted molar refractivity (Wildman–Crippen MR) is 124 cm³/mol. The van der Waals surface area contributed by atoms with Crippen molar-refractivity contribution >= 4 is 23.3 Å². The molecule has 0 spiro atoms. The van der Waals surface area contributed by atoms with Crippen LogP contribution in [0.2, 0.25) is 0 Å².